The highest BCUT2D eigenvalue weighted by Crippen LogP contribution is 2.26. The molecule has 31 heavy (non-hydrogen) atoms. The second-order valence-corrected chi connectivity index (χ2v) is 8.33. The lowest BCUT2D eigenvalue weighted by atomic mass is 10.0. The molecule has 1 N–H and O–H groups in total. The molecule has 0 bridgehead atoms. The van der Waals surface area contributed by atoms with Crippen LogP contribution in [0.2, 0.25) is 0 Å². The van der Waals surface area contributed by atoms with E-state index < -0.39 is 5.82 Å². The van der Waals surface area contributed by atoms with E-state index in [0.717, 1.165) is 63.4 Å². The number of nitrogens with one attached hydrogen (secondary N) is 1. The zero-order valence-corrected chi connectivity index (χ0v) is 17.9. The molecule has 0 spiro atoms. The third kappa shape index (κ3) is 4.88. The van der Waals surface area contributed by atoms with Crippen molar-refractivity contribution in [3.63, 3.8) is 0 Å². The van der Waals surface area contributed by atoms with Gasteiger partial charge in [-0.05, 0) is 44.2 Å². The van der Waals surface area contributed by atoms with Crippen LogP contribution in [0.5, 0.6) is 0 Å². The summed E-state index contributed by atoms with van der Waals surface area (Å²) in [4.78, 5) is 31.9. The smallest absolute Gasteiger partial charge is 0.256 e. The number of hydrogen-bond acceptors (Lipinski definition) is 4. The Balaban J connectivity index is 1.38. The molecule has 0 radical (unpaired) electrons. The predicted molar refractivity (Wildman–Crippen MR) is 119 cm³/mol. The van der Waals surface area contributed by atoms with Gasteiger partial charge >= 0.3 is 0 Å². The van der Waals surface area contributed by atoms with E-state index in [1.807, 2.05) is 29.2 Å². The molecular formula is C24H29FN4O2. The third-order valence-electron chi connectivity index (χ3n) is 6.21. The Kier molecular flexibility index (Phi) is 6.51. The van der Waals surface area contributed by atoms with E-state index in [1.165, 1.54) is 12.1 Å². The number of amides is 2. The number of nitrogens with zero attached hydrogens (tertiary/aromatic N) is 3. The van der Waals surface area contributed by atoms with Gasteiger partial charge in [0, 0.05) is 51.0 Å². The second kappa shape index (κ2) is 9.47. The van der Waals surface area contributed by atoms with Crippen LogP contribution >= 0.6 is 0 Å². The molecule has 0 unspecified atom stereocenters. The first-order chi connectivity index (χ1) is 15.0. The molecule has 2 heterocycles. The van der Waals surface area contributed by atoms with E-state index in [4.69, 9.17) is 0 Å². The Hall–Kier alpha value is -2.93. The highest BCUT2D eigenvalue weighted by atomic mass is 19.1. The number of halogens is 1. The minimum Gasteiger partial charge on any atom is -0.371 e. The van der Waals surface area contributed by atoms with E-state index in [0.29, 0.717) is 0 Å². The summed E-state index contributed by atoms with van der Waals surface area (Å²) >= 11 is 0. The molecule has 2 saturated heterocycles. The van der Waals surface area contributed by atoms with E-state index >= 15 is 0 Å². The summed E-state index contributed by atoms with van der Waals surface area (Å²) in [6, 6.07) is 13.8. The van der Waals surface area contributed by atoms with Gasteiger partial charge in [-0.15, -0.1) is 0 Å². The Bertz CT molecular complexity index is 935. The molecule has 0 aliphatic carbocycles. The Labute approximate surface area is 182 Å². The van der Waals surface area contributed by atoms with Crippen molar-refractivity contribution in [3.05, 3.63) is 65.5 Å². The van der Waals surface area contributed by atoms with Crippen LogP contribution in [0.15, 0.2) is 48.5 Å². The van der Waals surface area contributed by atoms with Gasteiger partial charge in [-0.3, -0.25) is 9.59 Å². The molecule has 2 aliphatic heterocycles. The largest absolute Gasteiger partial charge is 0.371 e. The molecule has 4 rings (SSSR count). The van der Waals surface area contributed by atoms with Crippen molar-refractivity contribution < 1.29 is 14.0 Å². The van der Waals surface area contributed by atoms with Gasteiger partial charge in [0.05, 0.1) is 11.1 Å². The maximum absolute atomic E-state index is 13.9. The Morgan fingerprint density at radius 2 is 1.48 bits per heavy atom. The average Bonchev–Trinajstić information content (AvgIpc) is 2.80. The van der Waals surface area contributed by atoms with Gasteiger partial charge in [-0.2, -0.15) is 0 Å². The summed E-state index contributed by atoms with van der Waals surface area (Å²) in [6.45, 7) is 4.73. The van der Waals surface area contributed by atoms with Crippen molar-refractivity contribution in [3.8, 4) is 0 Å². The molecule has 0 aromatic heterocycles. The minimum atomic E-state index is -0.506. The number of para-hydroxylation sites is 1. The number of piperidine rings is 1. The highest BCUT2D eigenvalue weighted by molar-refractivity contribution is 6.00. The Morgan fingerprint density at radius 1 is 0.871 bits per heavy atom. The number of carbonyl (C=O) groups is 2. The van der Waals surface area contributed by atoms with E-state index in [-0.39, 0.29) is 23.4 Å². The van der Waals surface area contributed by atoms with Crippen molar-refractivity contribution in [2.75, 3.05) is 51.2 Å². The van der Waals surface area contributed by atoms with Crippen molar-refractivity contribution in [1.82, 2.24) is 15.1 Å². The first-order valence-electron chi connectivity index (χ1n) is 10.9. The quantitative estimate of drug-likeness (QED) is 0.820. The van der Waals surface area contributed by atoms with Crippen LogP contribution in [0.3, 0.4) is 0 Å². The monoisotopic (exact) mass is 424 g/mol. The summed E-state index contributed by atoms with van der Waals surface area (Å²) in [5, 5.41) is 2.96. The third-order valence-corrected chi connectivity index (χ3v) is 6.21. The van der Waals surface area contributed by atoms with Gasteiger partial charge in [0.15, 0.2) is 0 Å². The van der Waals surface area contributed by atoms with Crippen LogP contribution in [0.25, 0.3) is 0 Å². The molecule has 7 heteroatoms. The molecule has 2 amide bonds. The fourth-order valence-electron chi connectivity index (χ4n) is 4.28. The van der Waals surface area contributed by atoms with Gasteiger partial charge in [0.1, 0.15) is 5.82 Å². The van der Waals surface area contributed by atoms with Crippen LogP contribution in [0.4, 0.5) is 10.1 Å². The lowest BCUT2D eigenvalue weighted by Gasteiger charge is -2.36. The standard InChI is InChI=1S/C24H29FN4O2/c1-27-14-16-29(17-15-27)24(31)20-7-3-5-9-22(20)28-12-10-18(11-13-28)26-23(30)19-6-2-4-8-21(19)25/h2-9,18H,10-17H2,1H3,(H,26,30). The Morgan fingerprint density at radius 3 is 2.16 bits per heavy atom. The molecule has 2 fully saturated rings. The van der Waals surface area contributed by atoms with Crippen LogP contribution in [0.1, 0.15) is 33.6 Å². The maximum atomic E-state index is 13.9. The molecule has 2 aromatic carbocycles. The highest BCUT2D eigenvalue weighted by Gasteiger charge is 2.27. The van der Waals surface area contributed by atoms with Crippen molar-refractivity contribution in [2.45, 2.75) is 18.9 Å². The fraction of sp³-hybridized carbons (Fsp3) is 0.417. The van der Waals surface area contributed by atoms with Gasteiger partial charge in [0.25, 0.3) is 11.8 Å². The number of piperazine rings is 1. The van der Waals surface area contributed by atoms with Gasteiger partial charge < -0.3 is 20.0 Å². The lowest BCUT2D eigenvalue weighted by molar-refractivity contribution is 0.0664. The average molecular weight is 425 g/mol. The van der Waals surface area contributed by atoms with Gasteiger partial charge in [-0.25, -0.2) is 4.39 Å². The summed E-state index contributed by atoms with van der Waals surface area (Å²) < 4.78 is 13.9. The number of carbonyl (C=O) groups excluding carboxylic acids is 2. The molecule has 2 aromatic rings. The van der Waals surface area contributed by atoms with E-state index in [2.05, 4.69) is 22.2 Å². The number of rotatable bonds is 4. The SMILES string of the molecule is CN1CCN(C(=O)c2ccccc2N2CCC(NC(=O)c3ccccc3F)CC2)CC1. The first kappa shape index (κ1) is 21.3. The number of likely N-dealkylation sites (N-methyl/N-ethyl adjacent to an activating group) is 1. The molecule has 2 aliphatic rings. The van der Waals surface area contributed by atoms with Gasteiger partial charge in [-0.1, -0.05) is 24.3 Å². The van der Waals surface area contributed by atoms with Crippen LogP contribution in [0, 0.1) is 5.82 Å². The van der Waals surface area contributed by atoms with Gasteiger partial charge in [0.2, 0.25) is 0 Å². The predicted octanol–water partition coefficient (Wildman–Crippen LogP) is 2.61. The van der Waals surface area contributed by atoms with Crippen LogP contribution in [-0.2, 0) is 0 Å². The second-order valence-electron chi connectivity index (χ2n) is 8.33. The van der Waals surface area contributed by atoms with Crippen molar-refractivity contribution >= 4 is 17.5 Å². The molecule has 0 saturated carbocycles. The van der Waals surface area contributed by atoms with E-state index in [1.54, 1.807) is 12.1 Å². The number of anilines is 1. The van der Waals surface area contributed by atoms with Crippen LogP contribution < -0.4 is 10.2 Å². The minimum absolute atomic E-state index is 0.0103. The summed E-state index contributed by atoms with van der Waals surface area (Å²) in [5.41, 5.74) is 1.76. The molecule has 164 valence electrons. The van der Waals surface area contributed by atoms with Crippen molar-refractivity contribution in [2.24, 2.45) is 0 Å². The lowest BCUT2D eigenvalue weighted by Crippen LogP contribution is -2.48. The summed E-state index contributed by atoms with van der Waals surface area (Å²) in [7, 11) is 2.07. The normalized spacial score (nSPS) is 18.1. The number of benzene rings is 2. The van der Waals surface area contributed by atoms with Crippen LogP contribution in [-0.4, -0.2) is 74.0 Å². The maximum Gasteiger partial charge on any atom is 0.256 e. The summed E-state index contributed by atoms with van der Waals surface area (Å²) in [6.07, 6.45) is 1.49. The topological polar surface area (TPSA) is 55.9 Å². The zero-order chi connectivity index (χ0) is 21.8. The molecular weight excluding hydrogens is 395 g/mol. The molecule has 6 nitrogen and oxygen atoms in total. The fourth-order valence-corrected chi connectivity index (χ4v) is 4.28. The molecule has 0 atom stereocenters. The number of hydrogen-bond donors (Lipinski definition) is 1. The van der Waals surface area contributed by atoms with Crippen molar-refractivity contribution in [1.29, 1.82) is 0 Å². The van der Waals surface area contributed by atoms with E-state index in [9.17, 15) is 14.0 Å². The first-order valence-corrected chi connectivity index (χ1v) is 10.9. The zero-order valence-electron chi connectivity index (χ0n) is 17.9. The summed E-state index contributed by atoms with van der Waals surface area (Å²) in [5.74, 6) is -0.797.